The first-order valence-corrected chi connectivity index (χ1v) is 8.97. The number of carbonyl (C=O) groups is 2. The van der Waals surface area contributed by atoms with Crippen molar-refractivity contribution in [2.75, 3.05) is 20.8 Å². The molecule has 0 aliphatic heterocycles. The maximum absolute atomic E-state index is 12.1. The van der Waals surface area contributed by atoms with Crippen LogP contribution in [0.5, 0.6) is 5.75 Å². The molecule has 1 heterocycles. The van der Waals surface area contributed by atoms with Crippen LogP contribution < -0.4 is 10.1 Å². The smallest absolute Gasteiger partial charge is 0.305 e. The number of hydrogen-bond acceptors (Lipinski definition) is 6. The Morgan fingerprint density at radius 3 is 2.56 bits per heavy atom. The molecule has 0 bridgehead atoms. The fraction of sp³-hybridized carbons (Fsp3) is 0.389. The van der Waals surface area contributed by atoms with E-state index in [1.54, 1.807) is 12.5 Å². The molecule has 0 atom stereocenters. The number of nitrogens with one attached hydrogen (secondary N) is 1. The van der Waals surface area contributed by atoms with Gasteiger partial charge in [0.15, 0.2) is 0 Å². The first-order chi connectivity index (χ1) is 12.1. The minimum absolute atomic E-state index is 0.177. The molecule has 1 amide bonds. The summed E-state index contributed by atoms with van der Waals surface area (Å²) in [6.45, 7) is 0.565. The topological polar surface area (TPSA) is 77.5 Å². The van der Waals surface area contributed by atoms with Gasteiger partial charge >= 0.3 is 5.97 Å². The fourth-order valence-corrected chi connectivity index (χ4v) is 3.02. The zero-order chi connectivity index (χ0) is 18.1. The normalized spacial score (nSPS) is 10.3. The number of unbranched alkanes of at least 4 members (excludes halogenated alkanes) is 2. The van der Waals surface area contributed by atoms with Crippen LogP contribution in [0, 0.1) is 0 Å². The molecule has 1 N–H and O–H groups in total. The summed E-state index contributed by atoms with van der Waals surface area (Å²) in [5.74, 6) is 0.409. The van der Waals surface area contributed by atoms with E-state index in [2.05, 4.69) is 15.0 Å². The molecule has 0 unspecified atom stereocenters. The van der Waals surface area contributed by atoms with E-state index in [9.17, 15) is 9.59 Å². The molecule has 0 fully saturated rings. The first kappa shape index (κ1) is 18.9. The maximum atomic E-state index is 12.1. The van der Waals surface area contributed by atoms with Crippen molar-refractivity contribution < 1.29 is 19.1 Å². The predicted molar refractivity (Wildman–Crippen MR) is 96.9 cm³/mol. The van der Waals surface area contributed by atoms with Gasteiger partial charge in [0.2, 0.25) is 0 Å². The molecule has 2 rings (SSSR count). The Bertz CT molecular complexity index is 697. The number of benzene rings is 1. The highest BCUT2D eigenvalue weighted by Gasteiger charge is 2.11. The summed E-state index contributed by atoms with van der Waals surface area (Å²) < 4.78 is 9.72. The molecular formula is C18H22N2O4S. The molecule has 2 aromatic rings. The van der Waals surface area contributed by atoms with Crippen molar-refractivity contribution in [3.8, 4) is 16.3 Å². The predicted octanol–water partition coefficient (Wildman–Crippen LogP) is 3.28. The van der Waals surface area contributed by atoms with E-state index in [4.69, 9.17) is 4.74 Å². The average molecular weight is 362 g/mol. The molecule has 0 saturated heterocycles. The van der Waals surface area contributed by atoms with Crippen molar-refractivity contribution in [3.05, 3.63) is 35.3 Å². The van der Waals surface area contributed by atoms with Crippen LogP contribution in [0.4, 0.5) is 0 Å². The number of thiazole rings is 1. The van der Waals surface area contributed by atoms with Gasteiger partial charge in [0.05, 0.1) is 14.2 Å². The second-order valence-corrected chi connectivity index (χ2v) is 6.27. The van der Waals surface area contributed by atoms with E-state index < -0.39 is 0 Å². The number of aromatic nitrogens is 1. The van der Waals surface area contributed by atoms with Crippen molar-refractivity contribution in [2.24, 2.45) is 0 Å². The third-order valence-electron chi connectivity index (χ3n) is 3.64. The first-order valence-electron chi connectivity index (χ1n) is 8.09. The summed E-state index contributed by atoms with van der Waals surface area (Å²) in [6.07, 6.45) is 2.87. The molecule has 0 spiro atoms. The number of carbonyl (C=O) groups excluding carboxylic acids is 2. The van der Waals surface area contributed by atoms with Crippen LogP contribution in [-0.2, 0) is 9.53 Å². The lowest BCUT2D eigenvalue weighted by molar-refractivity contribution is -0.140. The molecular weight excluding hydrogens is 340 g/mol. The molecule has 0 radical (unpaired) electrons. The molecule has 0 aliphatic carbocycles. The Balaban J connectivity index is 1.77. The SMILES string of the molecule is COC(=O)CCCCCNC(=O)c1csc(-c2ccc(OC)cc2)n1. The second kappa shape index (κ2) is 9.78. The quantitative estimate of drug-likeness (QED) is 0.547. The number of rotatable bonds is 9. The summed E-state index contributed by atoms with van der Waals surface area (Å²) >= 11 is 1.43. The van der Waals surface area contributed by atoms with Gasteiger partial charge in [-0.15, -0.1) is 11.3 Å². The number of nitrogens with zero attached hydrogens (tertiary/aromatic N) is 1. The van der Waals surface area contributed by atoms with Gasteiger partial charge in [-0.1, -0.05) is 6.42 Å². The Hall–Kier alpha value is -2.41. The van der Waals surface area contributed by atoms with E-state index in [0.29, 0.717) is 18.7 Å². The standard InChI is InChI=1S/C18H22N2O4S/c1-23-14-9-7-13(8-10-14)18-20-15(12-25-18)17(22)19-11-5-3-4-6-16(21)24-2/h7-10,12H,3-6,11H2,1-2H3,(H,19,22). The van der Waals surface area contributed by atoms with Crippen LogP contribution in [0.1, 0.15) is 36.2 Å². The number of amides is 1. The third-order valence-corrected chi connectivity index (χ3v) is 4.54. The summed E-state index contributed by atoms with van der Waals surface area (Å²) in [5.41, 5.74) is 1.37. The van der Waals surface area contributed by atoms with Crippen molar-refractivity contribution in [3.63, 3.8) is 0 Å². The Labute approximate surface area is 151 Å². The minimum atomic E-state index is -0.197. The summed E-state index contributed by atoms with van der Waals surface area (Å²) in [5, 5.41) is 5.41. The van der Waals surface area contributed by atoms with Gasteiger partial charge in [0.25, 0.3) is 5.91 Å². The van der Waals surface area contributed by atoms with Gasteiger partial charge in [0, 0.05) is 23.9 Å². The number of esters is 1. The van der Waals surface area contributed by atoms with Gasteiger partial charge in [-0.2, -0.15) is 0 Å². The van der Waals surface area contributed by atoms with E-state index in [0.717, 1.165) is 35.6 Å². The van der Waals surface area contributed by atoms with Crippen LogP contribution >= 0.6 is 11.3 Å². The molecule has 0 aliphatic rings. The number of hydrogen-bond donors (Lipinski definition) is 1. The Morgan fingerprint density at radius 1 is 1.12 bits per heavy atom. The van der Waals surface area contributed by atoms with E-state index in [1.807, 2.05) is 24.3 Å². The van der Waals surface area contributed by atoms with E-state index in [1.165, 1.54) is 18.4 Å². The van der Waals surface area contributed by atoms with Crippen LogP contribution in [0.2, 0.25) is 0 Å². The van der Waals surface area contributed by atoms with Crippen LogP contribution in [0.25, 0.3) is 10.6 Å². The lowest BCUT2D eigenvalue weighted by Gasteiger charge is -2.03. The minimum Gasteiger partial charge on any atom is -0.497 e. The molecule has 1 aromatic carbocycles. The summed E-state index contributed by atoms with van der Waals surface area (Å²) in [7, 11) is 3.01. The molecule has 7 heteroatoms. The average Bonchev–Trinajstić information content (AvgIpc) is 3.14. The summed E-state index contributed by atoms with van der Waals surface area (Å²) in [6, 6.07) is 7.57. The van der Waals surface area contributed by atoms with Gasteiger partial charge in [-0.05, 0) is 37.1 Å². The van der Waals surface area contributed by atoms with Gasteiger partial charge in [-0.25, -0.2) is 4.98 Å². The van der Waals surface area contributed by atoms with Crippen LogP contribution in [-0.4, -0.2) is 37.6 Å². The van der Waals surface area contributed by atoms with E-state index in [-0.39, 0.29) is 11.9 Å². The Morgan fingerprint density at radius 2 is 1.88 bits per heavy atom. The van der Waals surface area contributed by atoms with Gasteiger partial charge < -0.3 is 14.8 Å². The number of methoxy groups -OCH3 is 2. The van der Waals surface area contributed by atoms with Crippen LogP contribution in [0.15, 0.2) is 29.6 Å². The highest BCUT2D eigenvalue weighted by Crippen LogP contribution is 2.25. The van der Waals surface area contributed by atoms with Crippen molar-refractivity contribution in [1.29, 1.82) is 0 Å². The second-order valence-electron chi connectivity index (χ2n) is 5.41. The fourth-order valence-electron chi connectivity index (χ4n) is 2.21. The van der Waals surface area contributed by atoms with Crippen molar-refractivity contribution in [1.82, 2.24) is 10.3 Å². The lowest BCUT2D eigenvalue weighted by Crippen LogP contribution is -2.24. The molecule has 0 saturated carbocycles. The Kier molecular flexibility index (Phi) is 7.40. The zero-order valence-corrected chi connectivity index (χ0v) is 15.2. The maximum Gasteiger partial charge on any atom is 0.305 e. The van der Waals surface area contributed by atoms with Crippen molar-refractivity contribution in [2.45, 2.75) is 25.7 Å². The highest BCUT2D eigenvalue weighted by atomic mass is 32.1. The molecule has 25 heavy (non-hydrogen) atoms. The monoisotopic (exact) mass is 362 g/mol. The molecule has 6 nitrogen and oxygen atoms in total. The summed E-state index contributed by atoms with van der Waals surface area (Å²) in [4.78, 5) is 27.5. The third kappa shape index (κ3) is 5.86. The van der Waals surface area contributed by atoms with Crippen molar-refractivity contribution >= 4 is 23.2 Å². The van der Waals surface area contributed by atoms with Gasteiger partial charge in [0.1, 0.15) is 16.5 Å². The molecule has 1 aromatic heterocycles. The van der Waals surface area contributed by atoms with Gasteiger partial charge in [-0.3, -0.25) is 9.59 Å². The zero-order valence-electron chi connectivity index (χ0n) is 14.4. The lowest BCUT2D eigenvalue weighted by atomic mass is 10.2. The largest absolute Gasteiger partial charge is 0.497 e. The van der Waals surface area contributed by atoms with E-state index >= 15 is 0 Å². The number of ether oxygens (including phenoxy) is 2. The molecule has 134 valence electrons. The highest BCUT2D eigenvalue weighted by molar-refractivity contribution is 7.13. The van der Waals surface area contributed by atoms with Crippen LogP contribution in [0.3, 0.4) is 0 Å².